The molecule has 0 bridgehead atoms. The highest BCUT2D eigenvalue weighted by atomic mass is 35.5. The molecule has 0 radical (unpaired) electrons. The van der Waals surface area contributed by atoms with Gasteiger partial charge in [0.05, 0.1) is 23.4 Å². The highest BCUT2D eigenvalue weighted by molar-refractivity contribution is 7.89. The Morgan fingerprint density at radius 1 is 1.11 bits per heavy atom. The zero-order valence-corrected chi connectivity index (χ0v) is 15.9. The summed E-state index contributed by atoms with van der Waals surface area (Å²) in [6.07, 6.45) is 2.66. The number of furan rings is 1. The third-order valence-corrected chi connectivity index (χ3v) is 6.63. The maximum absolute atomic E-state index is 12.7. The Morgan fingerprint density at radius 2 is 1.81 bits per heavy atom. The van der Waals surface area contributed by atoms with E-state index in [0.717, 1.165) is 0 Å². The average Bonchev–Trinajstić information content (AvgIpc) is 3.21. The molecule has 2 amide bonds. The Balaban J connectivity index is 1.55. The first kappa shape index (κ1) is 19.4. The minimum absolute atomic E-state index is 0.0545. The molecule has 10 heteroatoms. The highest BCUT2D eigenvalue weighted by Gasteiger charge is 2.31. The topological polar surface area (TPSA) is 99.9 Å². The van der Waals surface area contributed by atoms with Crippen LogP contribution in [0.2, 0.25) is 5.02 Å². The maximum atomic E-state index is 12.7. The van der Waals surface area contributed by atoms with E-state index in [1.165, 1.54) is 39.9 Å². The number of carbonyl (C=O) groups is 2. The molecule has 0 saturated carbocycles. The number of sulfonamides is 1. The number of benzene rings is 1. The predicted molar refractivity (Wildman–Crippen MR) is 97.8 cm³/mol. The van der Waals surface area contributed by atoms with Crippen molar-refractivity contribution in [1.82, 2.24) is 14.5 Å². The number of piperazine rings is 1. The van der Waals surface area contributed by atoms with Crippen LogP contribution in [0, 0.1) is 0 Å². The van der Waals surface area contributed by atoms with E-state index in [-0.39, 0.29) is 48.5 Å². The third-order valence-electron chi connectivity index (χ3n) is 4.23. The van der Waals surface area contributed by atoms with E-state index in [9.17, 15) is 18.0 Å². The van der Waals surface area contributed by atoms with Gasteiger partial charge in [0.1, 0.15) is 11.2 Å². The van der Waals surface area contributed by atoms with Crippen LogP contribution in [0.4, 0.5) is 0 Å². The Bertz CT molecular complexity index is 922. The lowest BCUT2D eigenvalue weighted by Crippen LogP contribution is -2.52. The minimum Gasteiger partial charge on any atom is -0.472 e. The van der Waals surface area contributed by atoms with Gasteiger partial charge in [-0.3, -0.25) is 9.59 Å². The Morgan fingerprint density at radius 3 is 2.44 bits per heavy atom. The van der Waals surface area contributed by atoms with Gasteiger partial charge >= 0.3 is 0 Å². The fourth-order valence-electron chi connectivity index (χ4n) is 2.73. The largest absolute Gasteiger partial charge is 0.472 e. The van der Waals surface area contributed by atoms with Crippen LogP contribution >= 0.6 is 11.6 Å². The zero-order chi connectivity index (χ0) is 19.4. The van der Waals surface area contributed by atoms with Gasteiger partial charge in [0.25, 0.3) is 5.91 Å². The first-order valence-corrected chi connectivity index (χ1v) is 10.0. The van der Waals surface area contributed by atoms with Gasteiger partial charge in [0, 0.05) is 26.2 Å². The van der Waals surface area contributed by atoms with Crippen LogP contribution in [0.1, 0.15) is 10.4 Å². The Kier molecular flexibility index (Phi) is 5.83. The molecule has 3 rings (SSSR count). The summed E-state index contributed by atoms with van der Waals surface area (Å²) in [7, 11) is -3.71. The molecule has 1 aliphatic heterocycles. The summed E-state index contributed by atoms with van der Waals surface area (Å²) in [5.41, 5.74) is 0.332. The molecule has 0 unspecified atom stereocenters. The van der Waals surface area contributed by atoms with Gasteiger partial charge in [-0.1, -0.05) is 23.7 Å². The van der Waals surface area contributed by atoms with Crippen LogP contribution in [-0.4, -0.2) is 62.2 Å². The van der Waals surface area contributed by atoms with Gasteiger partial charge in [0.2, 0.25) is 15.9 Å². The van der Waals surface area contributed by atoms with E-state index < -0.39 is 15.9 Å². The van der Waals surface area contributed by atoms with Crippen molar-refractivity contribution in [2.24, 2.45) is 0 Å². The summed E-state index contributed by atoms with van der Waals surface area (Å²) in [5, 5.41) is 2.68. The molecule has 0 spiro atoms. The molecule has 1 N–H and O–H groups in total. The van der Waals surface area contributed by atoms with E-state index in [2.05, 4.69) is 5.32 Å². The quantitative estimate of drug-likeness (QED) is 0.796. The minimum atomic E-state index is -3.71. The van der Waals surface area contributed by atoms with Crippen molar-refractivity contribution in [3.63, 3.8) is 0 Å². The number of nitrogens with zero attached hydrogens (tertiary/aromatic N) is 2. The van der Waals surface area contributed by atoms with Gasteiger partial charge in [-0.15, -0.1) is 0 Å². The van der Waals surface area contributed by atoms with Crippen molar-refractivity contribution < 1.29 is 22.4 Å². The van der Waals surface area contributed by atoms with Gasteiger partial charge in [-0.25, -0.2) is 8.42 Å². The van der Waals surface area contributed by atoms with Gasteiger partial charge in [-0.05, 0) is 18.2 Å². The summed E-state index contributed by atoms with van der Waals surface area (Å²) >= 11 is 6.00. The molecule has 1 aromatic carbocycles. The predicted octanol–water partition coefficient (Wildman–Crippen LogP) is 1.20. The monoisotopic (exact) mass is 411 g/mol. The number of halogens is 1. The van der Waals surface area contributed by atoms with Crippen LogP contribution in [-0.2, 0) is 14.8 Å². The summed E-state index contributed by atoms with van der Waals surface area (Å²) in [6.45, 7) is 0.638. The lowest BCUT2D eigenvalue weighted by Gasteiger charge is -2.34. The average molecular weight is 412 g/mol. The molecule has 8 nitrogen and oxygen atoms in total. The number of hydrogen-bond acceptors (Lipinski definition) is 5. The van der Waals surface area contributed by atoms with Crippen molar-refractivity contribution in [2.75, 3.05) is 32.7 Å². The van der Waals surface area contributed by atoms with E-state index >= 15 is 0 Å². The number of hydrogen-bond donors (Lipinski definition) is 1. The second kappa shape index (κ2) is 8.12. The third kappa shape index (κ3) is 4.32. The first-order chi connectivity index (χ1) is 12.9. The van der Waals surface area contributed by atoms with Crippen LogP contribution < -0.4 is 5.32 Å². The lowest BCUT2D eigenvalue weighted by atomic mass is 10.3. The Hall–Kier alpha value is -2.36. The summed E-state index contributed by atoms with van der Waals surface area (Å²) in [4.78, 5) is 25.7. The van der Waals surface area contributed by atoms with Crippen LogP contribution in [0.3, 0.4) is 0 Å². The van der Waals surface area contributed by atoms with Crippen LogP contribution in [0.25, 0.3) is 0 Å². The van der Waals surface area contributed by atoms with E-state index in [0.29, 0.717) is 5.56 Å². The molecule has 1 fully saturated rings. The first-order valence-electron chi connectivity index (χ1n) is 8.22. The Labute approximate surface area is 161 Å². The molecular weight excluding hydrogens is 394 g/mol. The van der Waals surface area contributed by atoms with E-state index in [1.807, 2.05) is 0 Å². The molecule has 27 heavy (non-hydrogen) atoms. The van der Waals surface area contributed by atoms with E-state index in [4.69, 9.17) is 16.0 Å². The van der Waals surface area contributed by atoms with Crippen molar-refractivity contribution in [2.45, 2.75) is 4.90 Å². The van der Waals surface area contributed by atoms with Crippen molar-refractivity contribution in [3.8, 4) is 0 Å². The zero-order valence-electron chi connectivity index (χ0n) is 14.3. The number of carbonyl (C=O) groups excluding carboxylic acids is 2. The lowest BCUT2D eigenvalue weighted by molar-refractivity contribution is -0.131. The standard InChI is InChI=1S/C17H18ClN3O5S/c18-14-3-1-2-4-15(14)27(24,25)21-8-6-20(7-9-21)16(22)11-19-17(23)13-5-10-26-12-13/h1-5,10,12H,6-9,11H2,(H,19,23). The molecule has 1 aromatic heterocycles. The van der Waals surface area contributed by atoms with Crippen LogP contribution in [0.15, 0.2) is 52.2 Å². The van der Waals surface area contributed by atoms with E-state index in [1.54, 1.807) is 12.1 Å². The molecule has 144 valence electrons. The van der Waals surface area contributed by atoms with Gasteiger partial charge in [0.15, 0.2) is 0 Å². The number of amides is 2. The normalized spacial score (nSPS) is 15.5. The fourth-order valence-corrected chi connectivity index (χ4v) is 4.65. The number of rotatable bonds is 5. The molecule has 1 saturated heterocycles. The smallest absolute Gasteiger partial charge is 0.254 e. The van der Waals surface area contributed by atoms with Gasteiger partial charge in [-0.2, -0.15) is 4.31 Å². The summed E-state index contributed by atoms with van der Waals surface area (Å²) in [6, 6.07) is 7.76. The summed E-state index contributed by atoms with van der Waals surface area (Å²) < 4.78 is 31.5. The second-order valence-electron chi connectivity index (χ2n) is 5.91. The SMILES string of the molecule is O=C(NCC(=O)N1CCN(S(=O)(=O)c2ccccc2Cl)CC1)c1ccoc1. The number of nitrogens with one attached hydrogen (secondary N) is 1. The highest BCUT2D eigenvalue weighted by Crippen LogP contribution is 2.24. The summed E-state index contributed by atoms with van der Waals surface area (Å²) in [5.74, 6) is -0.682. The second-order valence-corrected chi connectivity index (χ2v) is 8.22. The fraction of sp³-hybridized carbons (Fsp3) is 0.294. The molecular formula is C17H18ClN3O5S. The molecule has 2 aromatic rings. The molecule has 0 atom stereocenters. The van der Waals surface area contributed by atoms with Crippen molar-refractivity contribution in [3.05, 3.63) is 53.4 Å². The molecule has 0 aliphatic carbocycles. The van der Waals surface area contributed by atoms with Crippen LogP contribution in [0.5, 0.6) is 0 Å². The maximum Gasteiger partial charge on any atom is 0.254 e. The molecule has 1 aliphatic rings. The van der Waals surface area contributed by atoms with Crippen molar-refractivity contribution >= 4 is 33.4 Å². The van der Waals surface area contributed by atoms with Crippen molar-refractivity contribution in [1.29, 1.82) is 0 Å². The van der Waals surface area contributed by atoms with Gasteiger partial charge < -0.3 is 14.6 Å². The molecule has 2 heterocycles.